The second-order valence-electron chi connectivity index (χ2n) is 14.7. The molecule has 0 saturated heterocycles. The van der Waals surface area contributed by atoms with Gasteiger partial charge in [-0.25, -0.2) is 0 Å². The summed E-state index contributed by atoms with van der Waals surface area (Å²) in [7, 11) is 0. The van der Waals surface area contributed by atoms with Crippen LogP contribution in [0.2, 0.25) is 0 Å². The Balaban J connectivity index is 1.16. The minimum Gasteiger partial charge on any atom is -0.456 e. The number of furan rings is 1. The van der Waals surface area contributed by atoms with E-state index in [0.717, 1.165) is 66.8 Å². The number of hydrogen-bond donors (Lipinski definition) is 0. The molecule has 1 aromatic heterocycles. The molecule has 0 saturated carbocycles. The Labute approximate surface area is 311 Å². The van der Waals surface area contributed by atoms with Crippen LogP contribution >= 0.6 is 0 Å². The third-order valence-electron chi connectivity index (χ3n) is 10.5. The van der Waals surface area contributed by atoms with E-state index in [1.807, 2.05) is 0 Å². The van der Waals surface area contributed by atoms with E-state index < -0.39 is 0 Å². The van der Waals surface area contributed by atoms with Crippen molar-refractivity contribution < 1.29 is 4.42 Å². The number of benzene rings is 8. The first-order valence-corrected chi connectivity index (χ1v) is 18.6. The Morgan fingerprint density at radius 3 is 1.08 bits per heavy atom. The van der Waals surface area contributed by atoms with Crippen LogP contribution in [0, 0.1) is 0 Å². The third-order valence-corrected chi connectivity index (χ3v) is 10.5. The highest BCUT2D eigenvalue weighted by atomic mass is 16.3. The Morgan fingerprint density at radius 1 is 0.340 bits per heavy atom. The molecular weight excluding hydrogens is 645 g/mol. The lowest BCUT2D eigenvalue weighted by Gasteiger charge is -2.26. The van der Waals surface area contributed by atoms with Gasteiger partial charge in [-0.3, -0.25) is 0 Å². The summed E-state index contributed by atoms with van der Waals surface area (Å²) in [5.74, 6) is 0.964. The van der Waals surface area contributed by atoms with Gasteiger partial charge in [0.05, 0.1) is 0 Å². The third kappa shape index (κ3) is 6.08. The van der Waals surface area contributed by atoms with Crippen molar-refractivity contribution >= 4 is 77.6 Å². The van der Waals surface area contributed by atoms with Crippen molar-refractivity contribution in [2.24, 2.45) is 0 Å². The van der Waals surface area contributed by atoms with Gasteiger partial charge in [0, 0.05) is 44.9 Å². The van der Waals surface area contributed by atoms with Gasteiger partial charge >= 0.3 is 0 Å². The lowest BCUT2D eigenvalue weighted by atomic mass is 10.0. The fourth-order valence-electron chi connectivity index (χ4n) is 7.58. The summed E-state index contributed by atoms with van der Waals surface area (Å²) < 4.78 is 6.54. The van der Waals surface area contributed by atoms with E-state index in [1.54, 1.807) is 0 Å². The van der Waals surface area contributed by atoms with Gasteiger partial charge in [-0.2, -0.15) is 0 Å². The number of fused-ring (bicyclic) bond motifs is 5. The van der Waals surface area contributed by atoms with Crippen molar-refractivity contribution in [2.45, 2.75) is 39.5 Å². The first-order valence-electron chi connectivity index (χ1n) is 18.6. The van der Waals surface area contributed by atoms with Gasteiger partial charge < -0.3 is 14.2 Å². The average Bonchev–Trinajstić information content (AvgIpc) is 3.53. The SMILES string of the molecule is CC(C)c1ccc(N(c2ccccc2)c2ccc3cc4oc5cc6ccc(N(c7ccccc7)c7ccc(C(C)C)cc7)cc6cc5c4cc3c2)cc1. The minimum absolute atomic E-state index is 0.482. The molecule has 0 atom stereocenters. The first-order chi connectivity index (χ1) is 25.9. The molecule has 0 radical (unpaired) electrons. The monoisotopic (exact) mass is 686 g/mol. The maximum absolute atomic E-state index is 6.54. The lowest BCUT2D eigenvalue weighted by molar-refractivity contribution is 0.670. The second kappa shape index (κ2) is 13.3. The van der Waals surface area contributed by atoms with Crippen molar-refractivity contribution in [3.8, 4) is 0 Å². The molecule has 0 fully saturated rings. The fourth-order valence-corrected chi connectivity index (χ4v) is 7.58. The molecule has 0 spiro atoms. The normalized spacial score (nSPS) is 11.7. The Bertz CT molecular complexity index is 2520. The van der Waals surface area contributed by atoms with E-state index in [2.05, 4.69) is 207 Å². The molecule has 1 heterocycles. The zero-order valence-electron chi connectivity index (χ0n) is 30.6. The smallest absolute Gasteiger partial charge is 0.136 e. The van der Waals surface area contributed by atoms with E-state index >= 15 is 0 Å². The van der Waals surface area contributed by atoms with Crippen LogP contribution in [-0.2, 0) is 0 Å². The lowest BCUT2D eigenvalue weighted by Crippen LogP contribution is -2.09. The standard InChI is InChI=1S/C50H42N2O/c1-33(2)35-15-21-43(22-16-35)51(41-11-7-5-8-12-41)45-25-19-37-31-49-47(29-39(37)27-45)48-30-40-28-46(26-20-38(40)32-50(48)53-49)52(42-13-9-6-10-14-42)44-23-17-36(18-24-44)34(3)4/h5-34H,1-4H3. The Morgan fingerprint density at radius 2 is 0.698 bits per heavy atom. The zero-order chi connectivity index (χ0) is 36.1. The molecule has 3 heteroatoms. The van der Waals surface area contributed by atoms with E-state index in [9.17, 15) is 0 Å². The molecule has 0 bridgehead atoms. The van der Waals surface area contributed by atoms with Crippen LogP contribution < -0.4 is 9.80 Å². The molecule has 53 heavy (non-hydrogen) atoms. The highest BCUT2D eigenvalue weighted by Crippen LogP contribution is 2.41. The molecule has 0 aliphatic rings. The van der Waals surface area contributed by atoms with Crippen LogP contribution in [0.25, 0.3) is 43.5 Å². The predicted molar refractivity (Wildman–Crippen MR) is 226 cm³/mol. The topological polar surface area (TPSA) is 19.6 Å². The van der Waals surface area contributed by atoms with Gasteiger partial charge in [0.2, 0.25) is 0 Å². The number of nitrogens with zero attached hydrogens (tertiary/aromatic N) is 2. The van der Waals surface area contributed by atoms with Gasteiger partial charge in [0.25, 0.3) is 0 Å². The molecule has 3 nitrogen and oxygen atoms in total. The summed E-state index contributed by atoms with van der Waals surface area (Å²) in [5, 5.41) is 6.88. The van der Waals surface area contributed by atoms with Gasteiger partial charge in [0.1, 0.15) is 11.2 Å². The van der Waals surface area contributed by atoms with Crippen LogP contribution in [0.5, 0.6) is 0 Å². The fraction of sp³-hybridized carbons (Fsp3) is 0.120. The Hall–Kier alpha value is -6.32. The molecule has 8 aromatic carbocycles. The van der Waals surface area contributed by atoms with Gasteiger partial charge in [0.15, 0.2) is 0 Å². The molecule has 9 aromatic rings. The summed E-state index contributed by atoms with van der Waals surface area (Å²) in [4.78, 5) is 4.68. The largest absolute Gasteiger partial charge is 0.456 e. The average molecular weight is 687 g/mol. The van der Waals surface area contributed by atoms with Crippen LogP contribution in [0.3, 0.4) is 0 Å². The van der Waals surface area contributed by atoms with Crippen LogP contribution in [0.15, 0.2) is 174 Å². The highest BCUT2D eigenvalue weighted by molar-refractivity contribution is 6.14. The molecule has 0 aliphatic carbocycles. The summed E-state index contributed by atoms with van der Waals surface area (Å²) in [6, 6.07) is 61.6. The van der Waals surface area contributed by atoms with Crippen LogP contribution in [0.1, 0.15) is 50.7 Å². The van der Waals surface area contributed by atoms with Crippen molar-refractivity contribution in [1.29, 1.82) is 0 Å². The van der Waals surface area contributed by atoms with E-state index in [0.29, 0.717) is 11.8 Å². The zero-order valence-corrected chi connectivity index (χ0v) is 30.6. The second-order valence-corrected chi connectivity index (χ2v) is 14.7. The maximum Gasteiger partial charge on any atom is 0.136 e. The quantitative estimate of drug-likeness (QED) is 0.159. The van der Waals surface area contributed by atoms with Crippen molar-refractivity contribution in [3.05, 3.63) is 181 Å². The van der Waals surface area contributed by atoms with E-state index in [-0.39, 0.29) is 0 Å². The molecular formula is C50H42N2O. The minimum atomic E-state index is 0.482. The van der Waals surface area contributed by atoms with Gasteiger partial charge in [-0.1, -0.05) is 100 Å². The van der Waals surface area contributed by atoms with E-state index in [4.69, 9.17) is 4.42 Å². The van der Waals surface area contributed by atoms with Crippen molar-refractivity contribution in [3.63, 3.8) is 0 Å². The van der Waals surface area contributed by atoms with Crippen molar-refractivity contribution in [1.82, 2.24) is 0 Å². The highest BCUT2D eigenvalue weighted by Gasteiger charge is 2.17. The number of anilines is 6. The van der Waals surface area contributed by atoms with Crippen LogP contribution in [-0.4, -0.2) is 0 Å². The number of hydrogen-bond acceptors (Lipinski definition) is 3. The number of rotatable bonds is 8. The van der Waals surface area contributed by atoms with Gasteiger partial charge in [-0.15, -0.1) is 0 Å². The summed E-state index contributed by atoms with van der Waals surface area (Å²) in [5.41, 5.74) is 11.2. The summed E-state index contributed by atoms with van der Waals surface area (Å²) >= 11 is 0. The molecule has 0 aliphatic heterocycles. The molecule has 9 rings (SSSR count). The maximum atomic E-state index is 6.54. The molecule has 0 amide bonds. The summed E-state index contributed by atoms with van der Waals surface area (Å²) in [6.45, 7) is 8.95. The molecule has 258 valence electrons. The summed E-state index contributed by atoms with van der Waals surface area (Å²) in [6.07, 6.45) is 0. The van der Waals surface area contributed by atoms with Gasteiger partial charge in [-0.05, 0) is 142 Å². The molecule has 0 N–H and O–H groups in total. The predicted octanol–water partition coefficient (Wildman–Crippen LogP) is 15.1. The van der Waals surface area contributed by atoms with Crippen LogP contribution in [0.4, 0.5) is 34.1 Å². The molecule has 0 unspecified atom stereocenters. The van der Waals surface area contributed by atoms with E-state index in [1.165, 1.54) is 21.9 Å². The number of para-hydroxylation sites is 2. The first kappa shape index (κ1) is 32.6. The van der Waals surface area contributed by atoms with Crippen molar-refractivity contribution in [2.75, 3.05) is 9.80 Å². The Kier molecular flexibility index (Phi) is 8.20.